The van der Waals surface area contributed by atoms with Crippen molar-refractivity contribution in [2.75, 3.05) is 18.1 Å². The molecule has 0 radical (unpaired) electrons. The molecule has 1 fully saturated rings. The Bertz CT molecular complexity index is 812. The fourth-order valence-electron chi connectivity index (χ4n) is 2.79. The van der Waals surface area contributed by atoms with Crippen molar-refractivity contribution in [3.05, 3.63) is 42.1 Å². The Hall–Kier alpha value is -2.15. The van der Waals surface area contributed by atoms with Gasteiger partial charge in [0.2, 0.25) is 0 Å². The van der Waals surface area contributed by atoms with Crippen molar-refractivity contribution in [1.82, 2.24) is 15.1 Å². The Labute approximate surface area is 135 Å². The van der Waals surface area contributed by atoms with Gasteiger partial charge in [0.05, 0.1) is 17.2 Å². The summed E-state index contributed by atoms with van der Waals surface area (Å²) >= 11 is 0. The molecule has 2 aromatic rings. The van der Waals surface area contributed by atoms with Crippen LogP contribution in [0, 0.1) is 5.92 Å². The number of amides is 1. The maximum Gasteiger partial charge on any atom is 0.269 e. The predicted octanol–water partition coefficient (Wildman–Crippen LogP) is 1.25. The highest BCUT2D eigenvalue weighted by Crippen LogP contribution is 2.19. The second-order valence-electron chi connectivity index (χ2n) is 5.88. The molecule has 1 N–H and O–H groups in total. The van der Waals surface area contributed by atoms with Gasteiger partial charge >= 0.3 is 0 Å². The number of aryl methyl sites for hydroxylation is 1. The maximum atomic E-state index is 12.3. The van der Waals surface area contributed by atoms with Crippen LogP contribution in [-0.4, -0.2) is 42.2 Å². The molecule has 1 atom stereocenters. The number of hydrogen-bond donors (Lipinski definition) is 1. The summed E-state index contributed by atoms with van der Waals surface area (Å²) in [6.07, 6.45) is 0.614. The summed E-state index contributed by atoms with van der Waals surface area (Å²) in [5.41, 5.74) is 2.15. The molecule has 122 valence electrons. The van der Waals surface area contributed by atoms with Crippen LogP contribution in [0.2, 0.25) is 0 Å². The zero-order valence-corrected chi connectivity index (χ0v) is 13.7. The van der Waals surface area contributed by atoms with Crippen molar-refractivity contribution >= 4 is 15.7 Å². The van der Waals surface area contributed by atoms with E-state index in [0.717, 1.165) is 11.3 Å². The number of rotatable bonds is 4. The number of carbonyl (C=O) groups excluding carboxylic acids is 1. The van der Waals surface area contributed by atoms with E-state index in [4.69, 9.17) is 0 Å². The van der Waals surface area contributed by atoms with E-state index in [1.165, 1.54) is 0 Å². The molecule has 1 aromatic carbocycles. The molecule has 6 nitrogen and oxygen atoms in total. The van der Waals surface area contributed by atoms with Gasteiger partial charge in [-0.05, 0) is 18.4 Å². The molecular formula is C16H19N3O3S. The molecule has 23 heavy (non-hydrogen) atoms. The summed E-state index contributed by atoms with van der Waals surface area (Å²) in [5.74, 6) is 0.156. The smallest absolute Gasteiger partial charge is 0.269 e. The SMILES string of the molecule is Cn1nc(-c2ccccc2)cc1C(=O)NCC1CCS(=O)(=O)C1. The molecule has 2 heterocycles. The van der Waals surface area contributed by atoms with E-state index in [-0.39, 0.29) is 23.3 Å². The van der Waals surface area contributed by atoms with Gasteiger partial charge in [0.15, 0.2) is 9.84 Å². The second kappa shape index (κ2) is 6.16. The lowest BCUT2D eigenvalue weighted by Gasteiger charge is -2.09. The normalized spacial score (nSPS) is 19.6. The number of nitrogens with one attached hydrogen (secondary N) is 1. The van der Waals surface area contributed by atoms with E-state index in [2.05, 4.69) is 10.4 Å². The van der Waals surface area contributed by atoms with Crippen LogP contribution in [0.5, 0.6) is 0 Å². The number of nitrogens with zero attached hydrogens (tertiary/aromatic N) is 2. The molecule has 0 aliphatic carbocycles. The molecule has 1 amide bonds. The molecule has 1 aliphatic rings. The van der Waals surface area contributed by atoms with Crippen LogP contribution in [0.3, 0.4) is 0 Å². The molecule has 1 aliphatic heterocycles. The average Bonchev–Trinajstić information content (AvgIpc) is 3.08. The number of aromatic nitrogens is 2. The van der Waals surface area contributed by atoms with Crippen LogP contribution >= 0.6 is 0 Å². The second-order valence-corrected chi connectivity index (χ2v) is 8.11. The Morgan fingerprint density at radius 3 is 2.74 bits per heavy atom. The minimum Gasteiger partial charge on any atom is -0.350 e. The summed E-state index contributed by atoms with van der Waals surface area (Å²) in [6, 6.07) is 11.4. The zero-order chi connectivity index (χ0) is 16.4. The van der Waals surface area contributed by atoms with Crippen molar-refractivity contribution in [3.8, 4) is 11.3 Å². The first-order chi connectivity index (χ1) is 10.9. The topological polar surface area (TPSA) is 81.1 Å². The predicted molar refractivity (Wildman–Crippen MR) is 87.7 cm³/mol. The Morgan fingerprint density at radius 2 is 2.09 bits per heavy atom. The molecular weight excluding hydrogens is 314 g/mol. The Balaban J connectivity index is 1.67. The molecule has 1 aromatic heterocycles. The summed E-state index contributed by atoms with van der Waals surface area (Å²) in [7, 11) is -1.19. The first kappa shape index (κ1) is 15.7. The quantitative estimate of drug-likeness (QED) is 0.913. The largest absolute Gasteiger partial charge is 0.350 e. The van der Waals surface area contributed by atoms with Crippen molar-refractivity contribution in [3.63, 3.8) is 0 Å². The molecule has 0 spiro atoms. The van der Waals surface area contributed by atoms with Crippen LogP contribution in [0.4, 0.5) is 0 Å². The fraction of sp³-hybridized carbons (Fsp3) is 0.375. The summed E-state index contributed by atoms with van der Waals surface area (Å²) in [4.78, 5) is 12.3. The molecule has 1 unspecified atom stereocenters. The highest BCUT2D eigenvalue weighted by Gasteiger charge is 2.28. The third-order valence-electron chi connectivity index (χ3n) is 4.06. The van der Waals surface area contributed by atoms with Gasteiger partial charge in [0.25, 0.3) is 5.91 Å². The van der Waals surface area contributed by atoms with Gasteiger partial charge in [-0.25, -0.2) is 8.42 Å². The van der Waals surface area contributed by atoms with Gasteiger partial charge in [-0.3, -0.25) is 9.48 Å². The lowest BCUT2D eigenvalue weighted by atomic mass is 10.1. The Morgan fingerprint density at radius 1 is 1.35 bits per heavy atom. The fourth-order valence-corrected chi connectivity index (χ4v) is 4.65. The van der Waals surface area contributed by atoms with Gasteiger partial charge in [-0.2, -0.15) is 5.10 Å². The van der Waals surface area contributed by atoms with Crippen molar-refractivity contribution < 1.29 is 13.2 Å². The molecule has 1 saturated heterocycles. The number of sulfone groups is 1. The minimum absolute atomic E-state index is 0.00534. The van der Waals surface area contributed by atoms with E-state index in [1.807, 2.05) is 30.3 Å². The summed E-state index contributed by atoms with van der Waals surface area (Å²) in [5, 5.41) is 7.18. The third-order valence-corrected chi connectivity index (χ3v) is 5.90. The van der Waals surface area contributed by atoms with Crippen LogP contribution < -0.4 is 5.32 Å². The van der Waals surface area contributed by atoms with E-state index >= 15 is 0 Å². The summed E-state index contributed by atoms with van der Waals surface area (Å²) < 4.78 is 24.4. The molecule has 0 bridgehead atoms. The van der Waals surface area contributed by atoms with Crippen molar-refractivity contribution in [2.45, 2.75) is 6.42 Å². The van der Waals surface area contributed by atoms with E-state index in [1.54, 1.807) is 17.8 Å². The lowest BCUT2D eigenvalue weighted by Crippen LogP contribution is -2.31. The highest BCUT2D eigenvalue weighted by atomic mass is 32.2. The molecule has 7 heteroatoms. The van der Waals surface area contributed by atoms with Crippen LogP contribution in [-0.2, 0) is 16.9 Å². The Kier molecular flexibility index (Phi) is 4.21. The number of benzene rings is 1. The average molecular weight is 333 g/mol. The maximum absolute atomic E-state index is 12.3. The summed E-state index contributed by atoms with van der Waals surface area (Å²) in [6.45, 7) is 0.379. The molecule has 0 saturated carbocycles. The van der Waals surface area contributed by atoms with E-state index in [0.29, 0.717) is 18.7 Å². The van der Waals surface area contributed by atoms with Crippen LogP contribution in [0.1, 0.15) is 16.9 Å². The van der Waals surface area contributed by atoms with Gasteiger partial charge in [-0.1, -0.05) is 30.3 Å². The minimum atomic E-state index is -2.92. The monoisotopic (exact) mass is 333 g/mol. The highest BCUT2D eigenvalue weighted by molar-refractivity contribution is 7.91. The van der Waals surface area contributed by atoms with Gasteiger partial charge < -0.3 is 5.32 Å². The van der Waals surface area contributed by atoms with Crippen LogP contribution in [0.25, 0.3) is 11.3 Å². The van der Waals surface area contributed by atoms with Gasteiger partial charge in [0.1, 0.15) is 5.69 Å². The third kappa shape index (κ3) is 3.61. The first-order valence-electron chi connectivity index (χ1n) is 7.53. The van der Waals surface area contributed by atoms with E-state index < -0.39 is 9.84 Å². The lowest BCUT2D eigenvalue weighted by molar-refractivity contribution is 0.0939. The first-order valence-corrected chi connectivity index (χ1v) is 9.35. The number of hydrogen-bond acceptors (Lipinski definition) is 4. The van der Waals surface area contributed by atoms with Gasteiger partial charge in [-0.15, -0.1) is 0 Å². The molecule has 3 rings (SSSR count). The standard InChI is InChI=1S/C16H19N3O3S/c1-19-15(9-14(18-19)13-5-3-2-4-6-13)16(20)17-10-12-7-8-23(21,22)11-12/h2-6,9,12H,7-8,10-11H2,1H3,(H,17,20). The van der Waals surface area contributed by atoms with Crippen molar-refractivity contribution in [2.24, 2.45) is 13.0 Å². The van der Waals surface area contributed by atoms with Crippen molar-refractivity contribution in [1.29, 1.82) is 0 Å². The van der Waals surface area contributed by atoms with Crippen LogP contribution in [0.15, 0.2) is 36.4 Å². The zero-order valence-electron chi connectivity index (χ0n) is 12.9. The number of carbonyl (C=O) groups is 1. The van der Waals surface area contributed by atoms with Gasteiger partial charge in [0, 0.05) is 19.2 Å². The van der Waals surface area contributed by atoms with E-state index in [9.17, 15) is 13.2 Å².